The summed E-state index contributed by atoms with van der Waals surface area (Å²) in [5.74, 6) is 0. The number of aromatic nitrogens is 1. The van der Waals surface area contributed by atoms with Gasteiger partial charge in [-0.15, -0.1) is 0 Å². The van der Waals surface area contributed by atoms with E-state index >= 15 is 0 Å². The quantitative estimate of drug-likeness (QED) is 0.497. The van der Waals surface area contributed by atoms with E-state index in [0.717, 1.165) is 25.9 Å². The van der Waals surface area contributed by atoms with E-state index < -0.39 is 6.23 Å². The standard InChI is InChI=1S/C14H20ClN3O2/c15-14(12-5-4-7-16-11-12)17-20-10-6-13(19)18-8-2-1-3-9-18/h4-5,7,11,13,19H,1-3,6,8-10H2. The minimum atomic E-state index is -0.456. The second kappa shape index (κ2) is 8.19. The molecule has 0 amide bonds. The fourth-order valence-electron chi connectivity index (χ4n) is 2.20. The van der Waals surface area contributed by atoms with Crippen LogP contribution in [0.25, 0.3) is 0 Å². The lowest BCUT2D eigenvalue weighted by molar-refractivity contribution is -0.0306. The van der Waals surface area contributed by atoms with Gasteiger partial charge in [0.2, 0.25) is 0 Å². The first-order valence-electron chi connectivity index (χ1n) is 6.95. The van der Waals surface area contributed by atoms with Crippen molar-refractivity contribution in [3.8, 4) is 0 Å². The number of halogens is 1. The summed E-state index contributed by atoms with van der Waals surface area (Å²) in [5, 5.41) is 14.1. The number of likely N-dealkylation sites (tertiary alicyclic amines) is 1. The molecule has 1 fully saturated rings. The van der Waals surface area contributed by atoms with Crippen molar-refractivity contribution in [2.45, 2.75) is 31.9 Å². The summed E-state index contributed by atoms with van der Waals surface area (Å²) in [7, 11) is 0. The van der Waals surface area contributed by atoms with Crippen molar-refractivity contribution in [1.82, 2.24) is 9.88 Å². The normalized spacial score (nSPS) is 18.8. The molecule has 5 nitrogen and oxygen atoms in total. The molecule has 6 heteroatoms. The van der Waals surface area contributed by atoms with Crippen LogP contribution in [0.3, 0.4) is 0 Å². The molecule has 1 N–H and O–H groups in total. The molecule has 0 spiro atoms. The SMILES string of the molecule is OC(CCON=C(Cl)c1cccnc1)N1CCCCC1. The molecule has 0 aliphatic carbocycles. The van der Waals surface area contributed by atoms with E-state index in [-0.39, 0.29) is 5.17 Å². The lowest BCUT2D eigenvalue weighted by atomic mass is 10.1. The van der Waals surface area contributed by atoms with Crippen molar-refractivity contribution in [3.05, 3.63) is 30.1 Å². The van der Waals surface area contributed by atoms with E-state index in [9.17, 15) is 5.11 Å². The fraction of sp³-hybridized carbons (Fsp3) is 0.571. The highest BCUT2D eigenvalue weighted by Gasteiger charge is 2.17. The van der Waals surface area contributed by atoms with Crippen molar-refractivity contribution < 1.29 is 9.94 Å². The summed E-state index contributed by atoms with van der Waals surface area (Å²) >= 11 is 5.98. The van der Waals surface area contributed by atoms with Crippen LogP contribution in [-0.2, 0) is 4.84 Å². The molecule has 1 aromatic rings. The highest BCUT2D eigenvalue weighted by Crippen LogP contribution is 2.12. The van der Waals surface area contributed by atoms with E-state index in [2.05, 4.69) is 15.0 Å². The summed E-state index contributed by atoms with van der Waals surface area (Å²) in [4.78, 5) is 11.2. The Morgan fingerprint density at radius 3 is 2.95 bits per heavy atom. The third kappa shape index (κ3) is 4.74. The highest BCUT2D eigenvalue weighted by atomic mass is 35.5. The molecule has 1 atom stereocenters. The summed E-state index contributed by atoms with van der Waals surface area (Å²) in [6.07, 6.45) is 6.93. The van der Waals surface area contributed by atoms with Crippen molar-refractivity contribution in [2.24, 2.45) is 5.16 Å². The summed E-state index contributed by atoms with van der Waals surface area (Å²) in [6.45, 7) is 2.26. The maximum Gasteiger partial charge on any atom is 0.177 e. The maximum atomic E-state index is 10.0. The largest absolute Gasteiger partial charge is 0.394 e. The van der Waals surface area contributed by atoms with Crippen molar-refractivity contribution in [2.75, 3.05) is 19.7 Å². The van der Waals surface area contributed by atoms with E-state index in [4.69, 9.17) is 16.4 Å². The monoisotopic (exact) mass is 297 g/mol. The molecule has 0 radical (unpaired) electrons. The van der Waals surface area contributed by atoms with Crippen LogP contribution in [0.15, 0.2) is 29.7 Å². The average Bonchev–Trinajstić information content (AvgIpc) is 2.53. The van der Waals surface area contributed by atoms with Gasteiger partial charge in [-0.3, -0.25) is 9.88 Å². The average molecular weight is 298 g/mol. The zero-order chi connectivity index (χ0) is 14.2. The Bertz CT molecular complexity index is 422. The van der Waals surface area contributed by atoms with Gasteiger partial charge in [0.1, 0.15) is 12.8 Å². The molecule has 2 rings (SSSR count). The molecule has 0 bridgehead atoms. The first kappa shape index (κ1) is 15.2. The number of aliphatic hydroxyl groups is 1. The smallest absolute Gasteiger partial charge is 0.177 e. The lowest BCUT2D eigenvalue weighted by Crippen LogP contribution is -2.39. The number of aliphatic hydroxyl groups excluding tert-OH is 1. The van der Waals surface area contributed by atoms with Gasteiger partial charge < -0.3 is 9.94 Å². The zero-order valence-electron chi connectivity index (χ0n) is 11.4. The Kier molecular flexibility index (Phi) is 6.24. The van der Waals surface area contributed by atoms with Crippen molar-refractivity contribution in [1.29, 1.82) is 0 Å². The van der Waals surface area contributed by atoms with Gasteiger partial charge in [-0.05, 0) is 25.0 Å². The van der Waals surface area contributed by atoms with Crippen LogP contribution >= 0.6 is 11.6 Å². The van der Waals surface area contributed by atoms with E-state index in [1.165, 1.54) is 6.42 Å². The Balaban J connectivity index is 1.70. The Labute approximate surface area is 124 Å². The molecule has 1 aromatic heterocycles. The van der Waals surface area contributed by atoms with Gasteiger partial charge >= 0.3 is 0 Å². The Hall–Kier alpha value is -1.17. The van der Waals surface area contributed by atoms with Crippen LogP contribution in [0.2, 0.25) is 0 Å². The number of pyridine rings is 1. The molecular formula is C14H20ClN3O2. The van der Waals surface area contributed by atoms with Crippen LogP contribution in [0.4, 0.5) is 0 Å². The topological polar surface area (TPSA) is 58.0 Å². The molecule has 1 saturated heterocycles. The van der Waals surface area contributed by atoms with Crippen molar-refractivity contribution >= 4 is 16.8 Å². The molecule has 0 saturated carbocycles. The maximum absolute atomic E-state index is 10.0. The third-order valence-corrected chi connectivity index (χ3v) is 3.61. The number of oxime groups is 1. The second-order valence-corrected chi connectivity index (χ2v) is 5.18. The van der Waals surface area contributed by atoms with Crippen LogP contribution in [0, 0.1) is 0 Å². The number of nitrogens with zero attached hydrogens (tertiary/aromatic N) is 3. The Morgan fingerprint density at radius 1 is 1.45 bits per heavy atom. The minimum Gasteiger partial charge on any atom is -0.394 e. The molecular weight excluding hydrogens is 278 g/mol. The van der Waals surface area contributed by atoms with Gasteiger partial charge in [-0.2, -0.15) is 0 Å². The second-order valence-electron chi connectivity index (χ2n) is 4.82. The first-order chi connectivity index (χ1) is 9.77. The Morgan fingerprint density at radius 2 is 2.25 bits per heavy atom. The van der Waals surface area contributed by atoms with Crippen LogP contribution in [0.5, 0.6) is 0 Å². The number of rotatable bonds is 6. The molecule has 0 aromatic carbocycles. The molecule has 110 valence electrons. The molecule has 1 aliphatic rings. The minimum absolute atomic E-state index is 0.269. The summed E-state index contributed by atoms with van der Waals surface area (Å²) in [5.41, 5.74) is 0.714. The van der Waals surface area contributed by atoms with Crippen molar-refractivity contribution in [3.63, 3.8) is 0 Å². The van der Waals surface area contributed by atoms with Crippen LogP contribution < -0.4 is 0 Å². The molecule has 2 heterocycles. The van der Waals surface area contributed by atoms with Gasteiger partial charge in [0, 0.05) is 37.5 Å². The van der Waals surface area contributed by atoms with E-state index in [1.807, 2.05) is 6.07 Å². The third-order valence-electron chi connectivity index (χ3n) is 3.32. The molecule has 20 heavy (non-hydrogen) atoms. The van der Waals surface area contributed by atoms with Gasteiger partial charge in [0.15, 0.2) is 5.17 Å². The lowest BCUT2D eigenvalue weighted by Gasteiger charge is -2.30. The predicted molar refractivity (Wildman–Crippen MR) is 78.6 cm³/mol. The summed E-state index contributed by atoms with van der Waals surface area (Å²) in [6, 6.07) is 3.60. The van der Waals surface area contributed by atoms with E-state index in [0.29, 0.717) is 18.6 Å². The van der Waals surface area contributed by atoms with Gasteiger partial charge in [0.05, 0.1) is 0 Å². The van der Waals surface area contributed by atoms with Gasteiger partial charge in [0.25, 0.3) is 0 Å². The van der Waals surface area contributed by atoms with Gasteiger partial charge in [-0.25, -0.2) is 0 Å². The zero-order valence-corrected chi connectivity index (χ0v) is 12.2. The fourth-order valence-corrected chi connectivity index (χ4v) is 2.36. The number of hydrogen-bond acceptors (Lipinski definition) is 5. The number of hydrogen-bond donors (Lipinski definition) is 1. The van der Waals surface area contributed by atoms with Crippen LogP contribution in [-0.4, -0.2) is 46.1 Å². The number of piperidine rings is 1. The van der Waals surface area contributed by atoms with Gasteiger partial charge in [-0.1, -0.05) is 23.2 Å². The predicted octanol–water partition coefficient (Wildman–Crippen LogP) is 2.19. The highest BCUT2D eigenvalue weighted by molar-refractivity contribution is 6.69. The molecule has 1 aliphatic heterocycles. The van der Waals surface area contributed by atoms with E-state index in [1.54, 1.807) is 18.5 Å². The summed E-state index contributed by atoms with van der Waals surface area (Å²) < 4.78 is 0. The first-order valence-corrected chi connectivity index (χ1v) is 7.33. The molecule has 1 unspecified atom stereocenters. The van der Waals surface area contributed by atoms with Crippen LogP contribution in [0.1, 0.15) is 31.2 Å².